The summed E-state index contributed by atoms with van der Waals surface area (Å²) in [5.74, 6) is -0.193. The quantitative estimate of drug-likeness (QED) is 0.564. The first-order chi connectivity index (χ1) is 15.8. The Morgan fingerprint density at radius 1 is 0.939 bits per heavy atom. The molecule has 0 aromatic heterocycles. The van der Waals surface area contributed by atoms with Crippen LogP contribution in [0.4, 0.5) is 5.69 Å². The van der Waals surface area contributed by atoms with E-state index < -0.39 is 10.0 Å². The summed E-state index contributed by atoms with van der Waals surface area (Å²) >= 11 is 6.13. The zero-order valence-corrected chi connectivity index (χ0v) is 19.9. The number of carbonyl (C=O) groups excluding carboxylic acids is 1. The second-order valence-corrected chi connectivity index (χ2v) is 10.5. The molecule has 1 aliphatic heterocycles. The van der Waals surface area contributed by atoms with Crippen LogP contribution < -0.4 is 5.32 Å². The summed E-state index contributed by atoms with van der Waals surface area (Å²) in [7, 11) is -3.45. The van der Waals surface area contributed by atoms with Gasteiger partial charge in [0.1, 0.15) is 0 Å². The van der Waals surface area contributed by atoms with Crippen LogP contribution in [0.1, 0.15) is 21.5 Å². The van der Waals surface area contributed by atoms with Crippen molar-refractivity contribution >= 4 is 33.2 Å². The zero-order chi connectivity index (χ0) is 23.4. The monoisotopic (exact) mass is 483 g/mol. The molecule has 0 atom stereocenters. The molecule has 1 saturated heterocycles. The van der Waals surface area contributed by atoms with E-state index in [-0.39, 0.29) is 5.91 Å². The van der Waals surface area contributed by atoms with E-state index >= 15 is 0 Å². The molecule has 33 heavy (non-hydrogen) atoms. The molecular formula is C25H26ClN3O3S. The van der Waals surface area contributed by atoms with Gasteiger partial charge in [-0.3, -0.25) is 9.69 Å². The number of amides is 1. The van der Waals surface area contributed by atoms with Crippen LogP contribution in [0.2, 0.25) is 5.02 Å². The van der Waals surface area contributed by atoms with E-state index in [2.05, 4.69) is 10.2 Å². The topological polar surface area (TPSA) is 69.7 Å². The number of sulfonamides is 1. The van der Waals surface area contributed by atoms with Crippen molar-refractivity contribution in [1.82, 2.24) is 9.21 Å². The highest BCUT2D eigenvalue weighted by atomic mass is 35.5. The van der Waals surface area contributed by atoms with Gasteiger partial charge in [-0.25, -0.2) is 8.42 Å². The third-order valence-electron chi connectivity index (χ3n) is 5.76. The van der Waals surface area contributed by atoms with Gasteiger partial charge in [0.05, 0.1) is 4.90 Å². The summed E-state index contributed by atoms with van der Waals surface area (Å²) in [5, 5.41) is 3.47. The van der Waals surface area contributed by atoms with Crippen LogP contribution in [-0.4, -0.2) is 49.7 Å². The Labute approximate surface area is 199 Å². The van der Waals surface area contributed by atoms with Crippen LogP contribution in [-0.2, 0) is 16.6 Å². The second kappa shape index (κ2) is 10.1. The second-order valence-electron chi connectivity index (χ2n) is 8.11. The van der Waals surface area contributed by atoms with E-state index in [0.717, 1.165) is 11.1 Å². The number of piperazine rings is 1. The average molecular weight is 484 g/mol. The molecule has 0 bridgehead atoms. The summed E-state index contributed by atoms with van der Waals surface area (Å²) in [6, 6.07) is 21.5. The molecule has 1 fully saturated rings. The molecule has 172 valence electrons. The van der Waals surface area contributed by atoms with Gasteiger partial charge in [0.25, 0.3) is 5.91 Å². The molecule has 4 rings (SSSR count). The minimum absolute atomic E-state index is 0.193. The van der Waals surface area contributed by atoms with Gasteiger partial charge in [-0.15, -0.1) is 0 Å². The molecule has 6 nitrogen and oxygen atoms in total. The van der Waals surface area contributed by atoms with Crippen LogP contribution in [0.15, 0.2) is 77.7 Å². The Morgan fingerprint density at radius 2 is 1.61 bits per heavy atom. The van der Waals surface area contributed by atoms with Crippen LogP contribution >= 0.6 is 11.6 Å². The first-order valence-electron chi connectivity index (χ1n) is 10.8. The summed E-state index contributed by atoms with van der Waals surface area (Å²) in [6.45, 7) is 4.84. The standard InChI is InChI=1S/C25H26ClN3O3S/c1-19-7-12-22(17-24(19)26)27-25(30)21-10-8-20(9-11-21)18-28-13-15-29(16-14-28)33(31,32)23-5-3-2-4-6-23/h2-12,17H,13-16,18H2,1H3,(H,27,30). The lowest BCUT2D eigenvalue weighted by atomic mass is 10.1. The maximum Gasteiger partial charge on any atom is 0.255 e. The molecule has 0 aliphatic carbocycles. The maximum absolute atomic E-state index is 12.8. The first kappa shape index (κ1) is 23.4. The predicted molar refractivity (Wildman–Crippen MR) is 131 cm³/mol. The molecule has 8 heteroatoms. The number of halogens is 1. The molecule has 1 aliphatic rings. The molecular weight excluding hydrogens is 458 g/mol. The van der Waals surface area contributed by atoms with Crippen molar-refractivity contribution in [1.29, 1.82) is 0 Å². The fourth-order valence-electron chi connectivity index (χ4n) is 3.76. The van der Waals surface area contributed by atoms with Crippen molar-refractivity contribution in [3.05, 3.63) is 94.5 Å². The average Bonchev–Trinajstić information content (AvgIpc) is 2.83. The van der Waals surface area contributed by atoms with Crippen LogP contribution in [0.25, 0.3) is 0 Å². The normalized spacial score (nSPS) is 15.3. The van der Waals surface area contributed by atoms with Crippen LogP contribution in [0.5, 0.6) is 0 Å². The van der Waals surface area contributed by atoms with Crippen molar-refractivity contribution in [2.75, 3.05) is 31.5 Å². The number of aryl methyl sites for hydroxylation is 1. The van der Waals surface area contributed by atoms with E-state index in [1.54, 1.807) is 46.8 Å². The van der Waals surface area contributed by atoms with Crippen molar-refractivity contribution in [3.8, 4) is 0 Å². The maximum atomic E-state index is 12.8. The Balaban J connectivity index is 1.31. The largest absolute Gasteiger partial charge is 0.322 e. The highest BCUT2D eigenvalue weighted by molar-refractivity contribution is 7.89. The number of nitrogens with one attached hydrogen (secondary N) is 1. The molecule has 3 aromatic carbocycles. The van der Waals surface area contributed by atoms with Gasteiger partial charge in [-0.1, -0.05) is 48.0 Å². The Hall–Kier alpha value is -2.71. The predicted octanol–water partition coefficient (Wildman–Crippen LogP) is 4.41. The fraction of sp³-hybridized carbons (Fsp3) is 0.240. The van der Waals surface area contributed by atoms with E-state index in [4.69, 9.17) is 11.6 Å². The molecule has 0 radical (unpaired) electrons. The lowest BCUT2D eigenvalue weighted by Crippen LogP contribution is -2.48. The van der Waals surface area contributed by atoms with Crippen molar-refractivity contribution < 1.29 is 13.2 Å². The van der Waals surface area contributed by atoms with Crippen molar-refractivity contribution in [2.24, 2.45) is 0 Å². The van der Waals surface area contributed by atoms with Crippen molar-refractivity contribution in [3.63, 3.8) is 0 Å². The van der Waals surface area contributed by atoms with Gasteiger partial charge in [0.2, 0.25) is 10.0 Å². The first-order valence-corrected chi connectivity index (χ1v) is 12.6. The number of hydrogen-bond donors (Lipinski definition) is 1. The highest BCUT2D eigenvalue weighted by Gasteiger charge is 2.28. The number of hydrogen-bond acceptors (Lipinski definition) is 4. The smallest absolute Gasteiger partial charge is 0.255 e. The van der Waals surface area contributed by atoms with E-state index in [0.29, 0.717) is 53.9 Å². The number of nitrogens with zero attached hydrogens (tertiary/aromatic N) is 2. The lowest BCUT2D eigenvalue weighted by Gasteiger charge is -2.34. The SMILES string of the molecule is Cc1ccc(NC(=O)c2ccc(CN3CCN(S(=O)(=O)c4ccccc4)CC3)cc2)cc1Cl. The Bertz CT molecular complexity index is 1220. The Morgan fingerprint density at radius 3 is 2.24 bits per heavy atom. The highest BCUT2D eigenvalue weighted by Crippen LogP contribution is 2.21. The van der Waals surface area contributed by atoms with Gasteiger partial charge in [0, 0.05) is 49.0 Å². The van der Waals surface area contributed by atoms with Gasteiger partial charge in [0.15, 0.2) is 0 Å². The number of benzene rings is 3. The summed E-state index contributed by atoms with van der Waals surface area (Å²) in [5.41, 5.74) is 3.25. The molecule has 1 amide bonds. The molecule has 0 spiro atoms. The summed E-state index contributed by atoms with van der Waals surface area (Å²) in [6.07, 6.45) is 0. The minimum atomic E-state index is -3.45. The molecule has 0 unspecified atom stereocenters. The zero-order valence-electron chi connectivity index (χ0n) is 18.4. The number of carbonyl (C=O) groups is 1. The summed E-state index contributed by atoms with van der Waals surface area (Å²) < 4.78 is 27.1. The van der Waals surface area contributed by atoms with E-state index in [9.17, 15) is 13.2 Å². The molecule has 3 aromatic rings. The Kier molecular flexibility index (Phi) is 7.14. The number of anilines is 1. The fourth-order valence-corrected chi connectivity index (χ4v) is 5.39. The van der Waals surface area contributed by atoms with Crippen molar-refractivity contribution in [2.45, 2.75) is 18.4 Å². The lowest BCUT2D eigenvalue weighted by molar-refractivity contribution is 0.102. The van der Waals surface area contributed by atoms with Gasteiger partial charge in [-0.2, -0.15) is 4.31 Å². The summed E-state index contributed by atoms with van der Waals surface area (Å²) in [4.78, 5) is 15.1. The molecule has 1 heterocycles. The third-order valence-corrected chi connectivity index (χ3v) is 8.08. The van der Waals surface area contributed by atoms with E-state index in [1.165, 1.54) is 0 Å². The molecule has 0 saturated carbocycles. The minimum Gasteiger partial charge on any atom is -0.322 e. The van der Waals surface area contributed by atoms with Gasteiger partial charge in [-0.05, 0) is 54.4 Å². The number of rotatable bonds is 6. The van der Waals surface area contributed by atoms with Crippen LogP contribution in [0.3, 0.4) is 0 Å². The third kappa shape index (κ3) is 5.62. The molecule has 1 N–H and O–H groups in total. The van der Waals surface area contributed by atoms with Gasteiger partial charge < -0.3 is 5.32 Å². The van der Waals surface area contributed by atoms with Gasteiger partial charge >= 0.3 is 0 Å². The van der Waals surface area contributed by atoms with E-state index in [1.807, 2.05) is 37.3 Å². The van der Waals surface area contributed by atoms with Crippen LogP contribution in [0, 0.1) is 6.92 Å².